The van der Waals surface area contributed by atoms with Crippen molar-refractivity contribution < 1.29 is 33.3 Å². The normalized spacial score (nSPS) is 10.8. The number of esters is 2. The summed E-state index contributed by atoms with van der Waals surface area (Å²) < 4.78 is 25.5. The van der Waals surface area contributed by atoms with E-state index in [1.54, 1.807) is 0 Å². The lowest BCUT2D eigenvalue weighted by Crippen LogP contribution is -2.24. The predicted molar refractivity (Wildman–Crippen MR) is 112 cm³/mol. The highest BCUT2D eigenvalue weighted by Crippen LogP contribution is 2.07. The zero-order valence-corrected chi connectivity index (χ0v) is 19.1. The van der Waals surface area contributed by atoms with E-state index in [2.05, 4.69) is 15.4 Å². The molecule has 0 radical (unpaired) electrons. The molecular formula is C20H42N2O7. The van der Waals surface area contributed by atoms with Crippen molar-refractivity contribution in [1.82, 2.24) is 10.6 Å². The molecule has 0 aliphatic heterocycles. The molecule has 2 N–H and O–H groups in total. The average molecular weight is 423 g/mol. The predicted octanol–water partition coefficient (Wildman–Crippen LogP) is 1.15. The van der Waals surface area contributed by atoms with Gasteiger partial charge in [-0.25, -0.2) is 0 Å². The van der Waals surface area contributed by atoms with Crippen LogP contribution in [0.5, 0.6) is 0 Å². The molecule has 0 fully saturated rings. The van der Waals surface area contributed by atoms with E-state index in [0.29, 0.717) is 46.1 Å². The summed E-state index contributed by atoms with van der Waals surface area (Å²) in [6.45, 7) is 10.4. The summed E-state index contributed by atoms with van der Waals surface area (Å²) in [6, 6.07) is 0. The van der Waals surface area contributed by atoms with Gasteiger partial charge in [-0.2, -0.15) is 0 Å². The number of ether oxygens (including phenoxy) is 5. The first-order valence-corrected chi connectivity index (χ1v) is 10.1. The van der Waals surface area contributed by atoms with Gasteiger partial charge in [-0.1, -0.05) is 0 Å². The Balaban J connectivity index is 0. The zero-order chi connectivity index (χ0) is 22.4. The van der Waals surface area contributed by atoms with Gasteiger partial charge in [-0.05, 0) is 47.8 Å². The fraction of sp³-hybridized carbons (Fsp3) is 0.900. The maximum absolute atomic E-state index is 11.4. The molecular weight excluding hydrogens is 380 g/mol. The van der Waals surface area contributed by atoms with Gasteiger partial charge in [-0.15, -0.1) is 0 Å². The third kappa shape index (κ3) is 29.0. The SMILES string of the molecule is CNCCCC(=O)OC.CNCCOCCOCCOCCC(=O)OC(C)(C)C. The van der Waals surface area contributed by atoms with Crippen LogP contribution in [0.1, 0.15) is 40.0 Å². The minimum atomic E-state index is -0.437. The summed E-state index contributed by atoms with van der Waals surface area (Å²) in [6.07, 6.45) is 1.63. The molecule has 0 heterocycles. The Morgan fingerprint density at radius 2 is 1.24 bits per heavy atom. The Kier molecular flexibility index (Phi) is 22.1. The quantitative estimate of drug-likeness (QED) is 0.280. The third-order valence-electron chi connectivity index (χ3n) is 3.15. The van der Waals surface area contributed by atoms with Crippen molar-refractivity contribution in [2.45, 2.75) is 45.6 Å². The van der Waals surface area contributed by atoms with Crippen molar-refractivity contribution in [2.75, 3.05) is 73.9 Å². The van der Waals surface area contributed by atoms with Crippen molar-refractivity contribution in [3.63, 3.8) is 0 Å². The molecule has 9 heteroatoms. The van der Waals surface area contributed by atoms with E-state index < -0.39 is 5.60 Å². The smallest absolute Gasteiger partial charge is 0.308 e. The van der Waals surface area contributed by atoms with Gasteiger partial charge in [0.15, 0.2) is 0 Å². The molecule has 0 amide bonds. The molecule has 0 rings (SSSR count). The Morgan fingerprint density at radius 3 is 1.72 bits per heavy atom. The van der Waals surface area contributed by atoms with Crippen molar-refractivity contribution in [3.05, 3.63) is 0 Å². The van der Waals surface area contributed by atoms with Gasteiger partial charge < -0.3 is 34.3 Å². The first-order chi connectivity index (χ1) is 13.8. The van der Waals surface area contributed by atoms with E-state index in [1.165, 1.54) is 7.11 Å². The monoisotopic (exact) mass is 422 g/mol. The van der Waals surface area contributed by atoms with Crippen molar-refractivity contribution in [1.29, 1.82) is 0 Å². The molecule has 0 saturated heterocycles. The second kappa shape index (κ2) is 21.4. The Hall–Kier alpha value is -1.26. The topological polar surface area (TPSA) is 104 Å². The van der Waals surface area contributed by atoms with Crippen molar-refractivity contribution in [2.24, 2.45) is 0 Å². The zero-order valence-electron chi connectivity index (χ0n) is 19.1. The van der Waals surface area contributed by atoms with E-state index in [0.717, 1.165) is 19.5 Å². The van der Waals surface area contributed by atoms with E-state index in [-0.39, 0.29) is 18.4 Å². The number of nitrogens with one attached hydrogen (secondary N) is 2. The average Bonchev–Trinajstić information content (AvgIpc) is 2.65. The molecule has 174 valence electrons. The van der Waals surface area contributed by atoms with E-state index in [9.17, 15) is 9.59 Å². The molecule has 0 aromatic heterocycles. The number of carbonyl (C=O) groups excluding carboxylic acids is 2. The van der Waals surface area contributed by atoms with Gasteiger partial charge in [0.25, 0.3) is 0 Å². The summed E-state index contributed by atoms with van der Waals surface area (Å²) >= 11 is 0. The van der Waals surface area contributed by atoms with Gasteiger partial charge in [0, 0.05) is 13.0 Å². The Labute approximate surface area is 176 Å². The number of methoxy groups -OCH3 is 1. The molecule has 0 aliphatic rings. The van der Waals surface area contributed by atoms with Gasteiger partial charge in [-0.3, -0.25) is 9.59 Å². The fourth-order valence-corrected chi connectivity index (χ4v) is 1.78. The van der Waals surface area contributed by atoms with E-state index in [1.807, 2.05) is 34.9 Å². The highest BCUT2D eigenvalue weighted by atomic mass is 16.6. The first kappa shape index (κ1) is 29.9. The molecule has 0 aromatic carbocycles. The number of rotatable bonds is 16. The van der Waals surface area contributed by atoms with E-state index in [4.69, 9.17) is 18.9 Å². The van der Waals surface area contributed by atoms with Crippen LogP contribution in [-0.4, -0.2) is 91.5 Å². The standard InChI is InChI=1S/C14H29NO5.C6H13NO2/c1-14(2,3)20-13(16)5-7-17-9-11-19-12-10-18-8-6-15-4;1-7-5-3-4-6(8)9-2/h15H,5-12H2,1-4H3;7H,3-5H2,1-2H3. The second-order valence-electron chi connectivity index (χ2n) is 7.06. The van der Waals surface area contributed by atoms with Gasteiger partial charge in [0.05, 0.1) is 53.2 Å². The van der Waals surface area contributed by atoms with Crippen LogP contribution in [0, 0.1) is 0 Å². The molecule has 29 heavy (non-hydrogen) atoms. The number of carbonyl (C=O) groups is 2. The highest BCUT2D eigenvalue weighted by molar-refractivity contribution is 5.70. The maximum Gasteiger partial charge on any atom is 0.308 e. The highest BCUT2D eigenvalue weighted by Gasteiger charge is 2.15. The lowest BCUT2D eigenvalue weighted by atomic mass is 10.2. The second-order valence-corrected chi connectivity index (χ2v) is 7.06. The molecule has 0 atom stereocenters. The minimum Gasteiger partial charge on any atom is -0.469 e. The summed E-state index contributed by atoms with van der Waals surface area (Å²) in [5.41, 5.74) is -0.437. The molecule has 0 bridgehead atoms. The van der Waals surface area contributed by atoms with Crippen LogP contribution in [0.2, 0.25) is 0 Å². The van der Waals surface area contributed by atoms with Crippen LogP contribution < -0.4 is 10.6 Å². The summed E-state index contributed by atoms with van der Waals surface area (Å²) in [7, 11) is 5.15. The molecule has 0 saturated carbocycles. The van der Waals surface area contributed by atoms with Crippen molar-refractivity contribution in [3.8, 4) is 0 Å². The summed E-state index contributed by atoms with van der Waals surface area (Å²) in [5.74, 6) is -0.374. The first-order valence-electron chi connectivity index (χ1n) is 10.1. The molecule has 9 nitrogen and oxygen atoms in total. The molecule has 0 aliphatic carbocycles. The van der Waals surface area contributed by atoms with Crippen molar-refractivity contribution >= 4 is 11.9 Å². The van der Waals surface area contributed by atoms with Crippen LogP contribution in [0.3, 0.4) is 0 Å². The lowest BCUT2D eigenvalue weighted by Gasteiger charge is -2.19. The number of hydrogen-bond donors (Lipinski definition) is 2. The third-order valence-corrected chi connectivity index (χ3v) is 3.15. The van der Waals surface area contributed by atoms with E-state index >= 15 is 0 Å². The lowest BCUT2D eigenvalue weighted by molar-refractivity contribution is -0.156. The fourth-order valence-electron chi connectivity index (χ4n) is 1.78. The number of hydrogen-bond acceptors (Lipinski definition) is 9. The molecule has 0 unspecified atom stereocenters. The minimum absolute atomic E-state index is 0.134. The van der Waals surface area contributed by atoms with Crippen LogP contribution in [-0.2, 0) is 33.3 Å². The summed E-state index contributed by atoms with van der Waals surface area (Å²) in [5, 5.41) is 5.93. The van der Waals surface area contributed by atoms with Crippen LogP contribution in [0.15, 0.2) is 0 Å². The van der Waals surface area contributed by atoms with Gasteiger partial charge >= 0.3 is 11.9 Å². The largest absolute Gasteiger partial charge is 0.469 e. The number of likely N-dealkylation sites (N-methyl/N-ethyl adjacent to an activating group) is 1. The Bertz CT molecular complexity index is 388. The summed E-state index contributed by atoms with van der Waals surface area (Å²) in [4.78, 5) is 21.8. The van der Waals surface area contributed by atoms with Crippen LogP contribution >= 0.6 is 0 Å². The van der Waals surface area contributed by atoms with Crippen LogP contribution in [0.4, 0.5) is 0 Å². The molecule has 0 aromatic rings. The Morgan fingerprint density at radius 1 is 0.724 bits per heavy atom. The van der Waals surface area contributed by atoms with Crippen LogP contribution in [0.25, 0.3) is 0 Å². The molecule has 0 spiro atoms. The maximum atomic E-state index is 11.4. The van der Waals surface area contributed by atoms with Gasteiger partial charge in [0.1, 0.15) is 5.60 Å². The van der Waals surface area contributed by atoms with Gasteiger partial charge in [0.2, 0.25) is 0 Å².